The third-order valence-electron chi connectivity index (χ3n) is 4.58. The molecule has 0 amide bonds. The van der Waals surface area contributed by atoms with Crippen molar-refractivity contribution in [2.45, 2.75) is 5.60 Å². The molecule has 0 aliphatic carbocycles. The summed E-state index contributed by atoms with van der Waals surface area (Å²) in [6.45, 7) is 0. The van der Waals surface area contributed by atoms with E-state index in [2.05, 4.69) is 15.2 Å². The monoisotopic (exact) mass is 423 g/mol. The van der Waals surface area contributed by atoms with Crippen molar-refractivity contribution in [3.8, 4) is 17.0 Å². The number of aromatic nitrogens is 3. The summed E-state index contributed by atoms with van der Waals surface area (Å²) in [6.07, 6.45) is 1.48. The molecule has 0 unspecified atom stereocenters. The molecule has 4 aromatic rings. The molecule has 4 rings (SSSR count). The zero-order valence-corrected chi connectivity index (χ0v) is 16.5. The third kappa shape index (κ3) is 3.56. The third-order valence-corrected chi connectivity index (χ3v) is 5.16. The summed E-state index contributed by atoms with van der Waals surface area (Å²) in [4.78, 5) is 4.39. The lowest BCUT2D eigenvalue weighted by molar-refractivity contribution is 0.114. The van der Waals surface area contributed by atoms with Gasteiger partial charge in [0, 0.05) is 5.56 Å². The second-order valence-corrected chi connectivity index (χ2v) is 7.21. The number of halogens is 2. The lowest BCUT2D eigenvalue weighted by Crippen LogP contribution is -2.31. The molecule has 0 spiro atoms. The van der Waals surface area contributed by atoms with Gasteiger partial charge in [0.2, 0.25) is 0 Å². The van der Waals surface area contributed by atoms with Crippen LogP contribution in [-0.4, -0.2) is 25.4 Å². The minimum absolute atomic E-state index is 0.100. The number of nitrogens with zero attached hydrogens (tertiary/aromatic N) is 3. The second-order valence-electron chi connectivity index (χ2n) is 6.40. The summed E-state index contributed by atoms with van der Waals surface area (Å²) in [5.74, 6) is -0.0632. The van der Waals surface area contributed by atoms with Crippen molar-refractivity contribution in [2.75, 3.05) is 0 Å². The normalized spacial score (nSPS) is 11.4. The Morgan fingerprint density at radius 3 is 1.72 bits per heavy atom. The zero-order valence-electron chi connectivity index (χ0n) is 15.0. The maximum absolute atomic E-state index is 11.7. The Morgan fingerprint density at radius 1 is 0.759 bits per heavy atom. The maximum Gasteiger partial charge on any atom is 0.192 e. The lowest BCUT2D eigenvalue weighted by Gasteiger charge is -2.27. The molecule has 0 saturated carbocycles. The molecule has 0 atom stereocenters. The highest BCUT2D eigenvalue weighted by atomic mass is 35.5. The Morgan fingerprint density at radius 2 is 1.28 bits per heavy atom. The van der Waals surface area contributed by atoms with Crippen LogP contribution in [0.2, 0.25) is 10.0 Å². The highest BCUT2D eigenvalue weighted by Gasteiger charge is 2.37. The van der Waals surface area contributed by atoms with Gasteiger partial charge in [-0.25, -0.2) is 4.98 Å². The van der Waals surface area contributed by atoms with Gasteiger partial charge in [-0.3, -0.25) is 0 Å². The van der Waals surface area contributed by atoms with Gasteiger partial charge in [-0.1, -0.05) is 83.9 Å². The quantitative estimate of drug-likeness (QED) is 0.491. The first kappa shape index (κ1) is 19.3. The number of benzene rings is 3. The van der Waals surface area contributed by atoms with E-state index in [-0.39, 0.29) is 21.6 Å². The standard InChI is InChI=1S/C22H15Cl2N3O2/c23-17-11-14(12-18(24)20(17)28)19-13-25-21(27-26-19)22(29,15-7-3-1-4-8-15)16-9-5-2-6-10-16/h1-13,28-29H. The fourth-order valence-electron chi connectivity index (χ4n) is 3.07. The number of phenolic OH excluding ortho intramolecular Hbond substituents is 1. The Hall–Kier alpha value is -2.99. The van der Waals surface area contributed by atoms with Gasteiger partial charge >= 0.3 is 0 Å². The second kappa shape index (κ2) is 7.79. The molecule has 0 saturated heterocycles. The molecular formula is C22H15Cl2N3O2. The van der Waals surface area contributed by atoms with Crippen molar-refractivity contribution >= 4 is 23.2 Å². The summed E-state index contributed by atoms with van der Waals surface area (Å²) in [7, 11) is 0. The van der Waals surface area contributed by atoms with Gasteiger partial charge in [0.25, 0.3) is 0 Å². The van der Waals surface area contributed by atoms with Gasteiger partial charge in [-0.05, 0) is 23.3 Å². The molecule has 29 heavy (non-hydrogen) atoms. The zero-order chi connectivity index (χ0) is 20.4. The topological polar surface area (TPSA) is 79.1 Å². The Balaban J connectivity index is 1.81. The first-order chi connectivity index (χ1) is 14.0. The summed E-state index contributed by atoms with van der Waals surface area (Å²) < 4.78 is 0. The van der Waals surface area contributed by atoms with Gasteiger partial charge in [0.05, 0.1) is 16.2 Å². The molecule has 5 nitrogen and oxygen atoms in total. The van der Waals surface area contributed by atoms with Crippen LogP contribution in [0.25, 0.3) is 11.3 Å². The van der Waals surface area contributed by atoms with Crippen LogP contribution in [0.1, 0.15) is 17.0 Å². The van der Waals surface area contributed by atoms with E-state index in [1.807, 2.05) is 60.7 Å². The van der Waals surface area contributed by atoms with Gasteiger partial charge in [0.15, 0.2) is 17.2 Å². The minimum Gasteiger partial charge on any atom is -0.505 e. The molecule has 1 aromatic heterocycles. The molecule has 144 valence electrons. The SMILES string of the molecule is Oc1c(Cl)cc(-c2cnc(C(O)(c3ccccc3)c3ccccc3)nn2)cc1Cl. The first-order valence-corrected chi connectivity index (χ1v) is 9.47. The number of hydrogen-bond donors (Lipinski definition) is 2. The van der Waals surface area contributed by atoms with Crippen molar-refractivity contribution in [1.29, 1.82) is 0 Å². The van der Waals surface area contributed by atoms with E-state index < -0.39 is 5.60 Å². The molecule has 0 radical (unpaired) electrons. The van der Waals surface area contributed by atoms with Crippen LogP contribution >= 0.6 is 23.2 Å². The minimum atomic E-state index is -1.57. The van der Waals surface area contributed by atoms with E-state index in [1.54, 1.807) is 0 Å². The Labute approximate surface area is 177 Å². The maximum atomic E-state index is 11.7. The first-order valence-electron chi connectivity index (χ1n) is 8.72. The molecular weight excluding hydrogens is 409 g/mol. The molecule has 0 aliphatic heterocycles. The number of rotatable bonds is 4. The van der Waals surface area contributed by atoms with Crippen LogP contribution in [0.3, 0.4) is 0 Å². The van der Waals surface area contributed by atoms with Crippen molar-refractivity contribution in [3.63, 3.8) is 0 Å². The van der Waals surface area contributed by atoms with E-state index in [0.29, 0.717) is 22.4 Å². The van der Waals surface area contributed by atoms with Crippen LogP contribution < -0.4 is 0 Å². The van der Waals surface area contributed by atoms with Gasteiger partial charge in [0.1, 0.15) is 5.69 Å². The number of hydrogen-bond acceptors (Lipinski definition) is 5. The van der Waals surface area contributed by atoms with E-state index in [9.17, 15) is 10.2 Å². The Bertz CT molecular complexity index is 1080. The van der Waals surface area contributed by atoms with Gasteiger partial charge in [-0.15, -0.1) is 10.2 Å². The van der Waals surface area contributed by atoms with E-state index in [1.165, 1.54) is 18.3 Å². The van der Waals surface area contributed by atoms with E-state index >= 15 is 0 Å². The average Bonchev–Trinajstić information content (AvgIpc) is 2.78. The van der Waals surface area contributed by atoms with Crippen molar-refractivity contribution in [1.82, 2.24) is 15.2 Å². The number of aromatic hydroxyl groups is 1. The number of aliphatic hydroxyl groups is 1. The average molecular weight is 424 g/mol. The molecule has 1 heterocycles. The number of phenols is 1. The van der Waals surface area contributed by atoms with E-state index in [4.69, 9.17) is 23.2 Å². The summed E-state index contributed by atoms with van der Waals surface area (Å²) >= 11 is 12.0. The molecule has 0 aliphatic rings. The summed E-state index contributed by atoms with van der Waals surface area (Å²) in [6, 6.07) is 21.4. The fraction of sp³-hybridized carbons (Fsp3) is 0.0455. The fourth-order valence-corrected chi connectivity index (χ4v) is 3.56. The van der Waals surface area contributed by atoms with Gasteiger partial charge < -0.3 is 10.2 Å². The molecule has 7 heteroatoms. The van der Waals surface area contributed by atoms with Crippen molar-refractivity contribution in [3.05, 3.63) is 106 Å². The van der Waals surface area contributed by atoms with Crippen LogP contribution in [0.5, 0.6) is 5.75 Å². The molecule has 2 N–H and O–H groups in total. The predicted octanol–water partition coefficient (Wildman–Crippen LogP) is 4.84. The Kier molecular flexibility index (Phi) is 5.20. The molecule has 0 fully saturated rings. The highest BCUT2D eigenvalue weighted by molar-refractivity contribution is 6.37. The summed E-state index contributed by atoms with van der Waals surface area (Å²) in [5, 5.41) is 30.0. The highest BCUT2D eigenvalue weighted by Crippen LogP contribution is 2.37. The smallest absolute Gasteiger partial charge is 0.192 e. The van der Waals surface area contributed by atoms with Crippen molar-refractivity contribution in [2.24, 2.45) is 0 Å². The van der Waals surface area contributed by atoms with Crippen LogP contribution in [0, 0.1) is 0 Å². The molecule has 3 aromatic carbocycles. The van der Waals surface area contributed by atoms with Crippen molar-refractivity contribution < 1.29 is 10.2 Å². The lowest BCUT2D eigenvalue weighted by atomic mass is 9.85. The largest absolute Gasteiger partial charge is 0.505 e. The van der Waals surface area contributed by atoms with E-state index in [0.717, 1.165) is 0 Å². The summed E-state index contributed by atoms with van der Waals surface area (Å²) in [5.41, 5.74) is 0.624. The van der Waals surface area contributed by atoms with Crippen LogP contribution in [-0.2, 0) is 5.60 Å². The van der Waals surface area contributed by atoms with Gasteiger partial charge in [-0.2, -0.15) is 0 Å². The van der Waals surface area contributed by atoms with Crippen LogP contribution in [0.15, 0.2) is 79.0 Å². The van der Waals surface area contributed by atoms with Crippen LogP contribution in [0.4, 0.5) is 0 Å². The molecule has 0 bridgehead atoms. The predicted molar refractivity (Wildman–Crippen MR) is 112 cm³/mol.